The predicted molar refractivity (Wildman–Crippen MR) is 106 cm³/mol. The number of amides is 1. The van der Waals surface area contributed by atoms with Gasteiger partial charge >= 0.3 is 5.97 Å². The molecule has 0 bridgehead atoms. The van der Waals surface area contributed by atoms with Gasteiger partial charge in [0.25, 0.3) is 0 Å². The molecule has 0 aliphatic carbocycles. The van der Waals surface area contributed by atoms with Crippen molar-refractivity contribution in [1.29, 1.82) is 0 Å². The summed E-state index contributed by atoms with van der Waals surface area (Å²) in [7, 11) is 1.62. The largest absolute Gasteiger partial charge is 0.494 e. The van der Waals surface area contributed by atoms with Gasteiger partial charge in [-0.25, -0.2) is 4.98 Å². The Morgan fingerprint density at radius 3 is 2.82 bits per heavy atom. The Hall–Kier alpha value is -2.57. The second-order valence-corrected chi connectivity index (χ2v) is 8.09. The lowest BCUT2D eigenvalue weighted by atomic mass is 9.81. The van der Waals surface area contributed by atoms with Crippen molar-refractivity contribution in [3.05, 3.63) is 24.0 Å². The first-order valence-electron chi connectivity index (χ1n) is 9.88. The summed E-state index contributed by atoms with van der Waals surface area (Å²) in [6.45, 7) is 5.29. The fourth-order valence-corrected chi connectivity index (χ4v) is 4.08. The maximum absolute atomic E-state index is 12.5. The molecule has 28 heavy (non-hydrogen) atoms. The number of aliphatic carboxylic acids is 1. The van der Waals surface area contributed by atoms with Crippen LogP contribution in [-0.4, -0.2) is 52.1 Å². The number of carboxylic acids is 1. The van der Waals surface area contributed by atoms with Gasteiger partial charge in [0.15, 0.2) is 0 Å². The third kappa shape index (κ3) is 4.64. The second kappa shape index (κ2) is 8.63. The van der Waals surface area contributed by atoms with E-state index in [-0.39, 0.29) is 24.2 Å². The van der Waals surface area contributed by atoms with E-state index in [9.17, 15) is 14.7 Å². The van der Waals surface area contributed by atoms with Gasteiger partial charge in [-0.2, -0.15) is 0 Å². The maximum atomic E-state index is 12.5. The Balaban J connectivity index is 1.80. The number of benzene rings is 1. The molecule has 1 aliphatic heterocycles. The topological polar surface area (TPSA) is 95.5 Å². The summed E-state index contributed by atoms with van der Waals surface area (Å²) in [5.74, 6) is 1.29. The summed E-state index contributed by atoms with van der Waals surface area (Å²) in [5, 5.41) is 9.31. The van der Waals surface area contributed by atoms with E-state index in [1.54, 1.807) is 7.11 Å². The number of ether oxygens (including phenoxy) is 1. The third-order valence-electron chi connectivity index (χ3n) is 5.46. The van der Waals surface area contributed by atoms with Gasteiger partial charge in [-0.05, 0) is 36.3 Å². The van der Waals surface area contributed by atoms with Crippen LogP contribution in [0.15, 0.2) is 18.2 Å². The minimum absolute atomic E-state index is 0.0377. The zero-order chi connectivity index (χ0) is 20.3. The summed E-state index contributed by atoms with van der Waals surface area (Å²) in [4.78, 5) is 33.8. The van der Waals surface area contributed by atoms with E-state index in [0.29, 0.717) is 44.0 Å². The Morgan fingerprint density at radius 2 is 2.14 bits per heavy atom. The molecule has 7 heteroatoms. The van der Waals surface area contributed by atoms with Crippen molar-refractivity contribution in [3.8, 4) is 5.75 Å². The highest BCUT2D eigenvalue weighted by molar-refractivity contribution is 5.81. The first-order valence-corrected chi connectivity index (χ1v) is 9.88. The number of rotatable bonds is 7. The molecular formula is C21H29N3O4. The summed E-state index contributed by atoms with van der Waals surface area (Å²) >= 11 is 0. The van der Waals surface area contributed by atoms with Crippen molar-refractivity contribution in [1.82, 2.24) is 14.9 Å². The number of hydrogen-bond acceptors (Lipinski definition) is 4. The monoisotopic (exact) mass is 387 g/mol. The first-order chi connectivity index (χ1) is 13.4. The van der Waals surface area contributed by atoms with E-state index in [2.05, 4.69) is 9.97 Å². The molecule has 0 spiro atoms. The van der Waals surface area contributed by atoms with Crippen molar-refractivity contribution in [3.63, 3.8) is 0 Å². The van der Waals surface area contributed by atoms with Crippen LogP contribution in [0, 0.1) is 17.8 Å². The molecule has 3 rings (SSSR count). The molecule has 0 radical (unpaired) electrons. The number of likely N-dealkylation sites (tertiary alicyclic amines) is 1. The Kier molecular flexibility index (Phi) is 6.21. The first kappa shape index (κ1) is 20.2. The number of hydrogen-bond donors (Lipinski definition) is 2. The molecule has 152 valence electrons. The highest BCUT2D eigenvalue weighted by Gasteiger charge is 2.33. The highest BCUT2D eigenvalue weighted by Crippen LogP contribution is 2.31. The van der Waals surface area contributed by atoms with Gasteiger partial charge in [0.2, 0.25) is 5.91 Å². The van der Waals surface area contributed by atoms with Gasteiger partial charge in [-0.1, -0.05) is 19.9 Å². The zero-order valence-corrected chi connectivity index (χ0v) is 16.8. The average molecular weight is 387 g/mol. The van der Waals surface area contributed by atoms with E-state index in [4.69, 9.17) is 4.74 Å². The predicted octanol–water partition coefficient (Wildman–Crippen LogP) is 3.10. The minimum atomic E-state index is -0.789. The van der Waals surface area contributed by atoms with Crippen LogP contribution >= 0.6 is 0 Å². The summed E-state index contributed by atoms with van der Waals surface area (Å²) in [5.41, 5.74) is 1.67. The molecule has 1 aliphatic rings. The molecule has 1 aromatic carbocycles. The molecule has 2 N–H and O–H groups in total. The number of methoxy groups -OCH3 is 1. The molecule has 1 amide bonds. The smallest absolute Gasteiger partial charge is 0.303 e. The van der Waals surface area contributed by atoms with Gasteiger partial charge in [-0.15, -0.1) is 0 Å². The van der Waals surface area contributed by atoms with Crippen molar-refractivity contribution in [2.45, 2.75) is 39.5 Å². The molecule has 2 aromatic rings. The number of nitrogens with one attached hydrogen (secondary N) is 1. The quantitative estimate of drug-likeness (QED) is 0.761. The Labute approximate surface area is 165 Å². The van der Waals surface area contributed by atoms with Gasteiger partial charge in [0.1, 0.15) is 17.1 Å². The molecule has 1 saturated heterocycles. The fourth-order valence-electron chi connectivity index (χ4n) is 4.08. The molecule has 7 nitrogen and oxygen atoms in total. The average Bonchev–Trinajstić information content (AvgIpc) is 3.04. The number of nitrogens with zero attached hydrogens (tertiary/aromatic N) is 2. The minimum Gasteiger partial charge on any atom is -0.494 e. The van der Waals surface area contributed by atoms with Crippen LogP contribution in [0.2, 0.25) is 0 Å². The number of carboxylic acid groups (broad SMARTS) is 1. The third-order valence-corrected chi connectivity index (χ3v) is 5.46. The van der Waals surface area contributed by atoms with Crippen LogP contribution in [0.1, 0.15) is 38.9 Å². The molecule has 0 saturated carbocycles. The normalized spacial score (nSPS) is 19.9. The number of aromatic amines is 1. The number of aromatic nitrogens is 2. The highest BCUT2D eigenvalue weighted by atomic mass is 16.5. The Bertz CT molecular complexity index is 845. The number of H-pyrrole nitrogens is 1. The van der Waals surface area contributed by atoms with Crippen LogP contribution in [0.3, 0.4) is 0 Å². The standard InChI is InChI=1S/C21H29N3O4/c1-13(2)9-19(25)24-8-7-14(11-20(26)27)15(12-24)10-18-22-16-5-4-6-17(28-3)21(16)23-18/h4-6,13-15H,7-12H2,1-3H3,(H,22,23)(H,26,27)/t14-,15-/m0/s1. The fraction of sp³-hybridized carbons (Fsp3) is 0.571. The van der Waals surface area contributed by atoms with Gasteiger partial charge in [0, 0.05) is 32.4 Å². The molecule has 1 fully saturated rings. The van der Waals surface area contributed by atoms with E-state index in [0.717, 1.165) is 16.9 Å². The number of fused-ring (bicyclic) bond motifs is 1. The summed E-state index contributed by atoms with van der Waals surface area (Å²) < 4.78 is 5.38. The SMILES string of the molecule is COc1cccc2[nH]c(C[C@H]3CN(C(=O)CC(C)C)CC[C@H]3CC(=O)O)nc12. The van der Waals surface area contributed by atoms with E-state index < -0.39 is 5.97 Å². The maximum Gasteiger partial charge on any atom is 0.303 e. The van der Waals surface area contributed by atoms with Crippen molar-refractivity contribution < 1.29 is 19.4 Å². The number of carbonyl (C=O) groups excluding carboxylic acids is 1. The van der Waals surface area contributed by atoms with Crippen LogP contribution in [-0.2, 0) is 16.0 Å². The van der Waals surface area contributed by atoms with Gasteiger partial charge < -0.3 is 19.7 Å². The summed E-state index contributed by atoms with van der Waals surface area (Å²) in [6.07, 6.45) is 1.98. The van der Waals surface area contributed by atoms with E-state index in [1.807, 2.05) is 36.9 Å². The lowest BCUT2D eigenvalue weighted by Crippen LogP contribution is -2.45. The summed E-state index contributed by atoms with van der Waals surface area (Å²) in [6, 6.07) is 5.72. The molecule has 2 heterocycles. The zero-order valence-electron chi connectivity index (χ0n) is 16.8. The van der Waals surface area contributed by atoms with E-state index in [1.165, 1.54) is 0 Å². The van der Waals surface area contributed by atoms with E-state index >= 15 is 0 Å². The van der Waals surface area contributed by atoms with Crippen molar-refractivity contribution in [2.75, 3.05) is 20.2 Å². The lowest BCUT2D eigenvalue weighted by molar-refractivity contribution is -0.140. The van der Waals surface area contributed by atoms with Crippen LogP contribution in [0.5, 0.6) is 5.75 Å². The van der Waals surface area contributed by atoms with Crippen LogP contribution in [0.25, 0.3) is 11.0 Å². The van der Waals surface area contributed by atoms with Crippen molar-refractivity contribution >= 4 is 22.9 Å². The Morgan fingerprint density at radius 1 is 1.36 bits per heavy atom. The lowest BCUT2D eigenvalue weighted by Gasteiger charge is -2.38. The van der Waals surface area contributed by atoms with Crippen molar-refractivity contribution in [2.24, 2.45) is 17.8 Å². The molecule has 0 unspecified atom stereocenters. The number of carbonyl (C=O) groups is 2. The molecule has 2 atom stereocenters. The molecular weight excluding hydrogens is 358 g/mol. The van der Waals surface area contributed by atoms with Gasteiger partial charge in [-0.3, -0.25) is 9.59 Å². The number of imidazole rings is 1. The van der Waals surface area contributed by atoms with Crippen LogP contribution < -0.4 is 4.74 Å². The van der Waals surface area contributed by atoms with Crippen LogP contribution in [0.4, 0.5) is 0 Å². The number of piperidine rings is 1. The molecule has 1 aromatic heterocycles. The number of para-hydroxylation sites is 1. The van der Waals surface area contributed by atoms with Gasteiger partial charge in [0.05, 0.1) is 12.6 Å². The second-order valence-electron chi connectivity index (χ2n) is 8.09.